The molecule has 0 aliphatic heterocycles. The number of aryl methyl sites for hydroxylation is 1. The molecule has 0 fully saturated rings. The highest BCUT2D eigenvalue weighted by Gasteiger charge is 2.13. The lowest BCUT2D eigenvalue weighted by atomic mass is 10.1. The number of rotatable bonds is 8. The zero-order valence-corrected chi connectivity index (χ0v) is 12.8. The minimum absolute atomic E-state index is 0.0982. The molecule has 1 aromatic rings. The van der Waals surface area contributed by atoms with Crippen molar-refractivity contribution in [2.45, 2.75) is 33.1 Å². The van der Waals surface area contributed by atoms with Crippen molar-refractivity contribution in [3.63, 3.8) is 0 Å². The molecule has 0 bridgehead atoms. The van der Waals surface area contributed by atoms with Crippen LogP contribution < -0.4 is 10.2 Å². The van der Waals surface area contributed by atoms with Crippen molar-refractivity contribution in [1.82, 2.24) is 10.3 Å². The topological polar surface area (TPSA) is 82.5 Å². The molecular weight excluding hydrogens is 270 g/mol. The minimum atomic E-state index is -0.986. The number of anilines is 1. The molecule has 1 heterocycles. The molecule has 6 heteroatoms. The lowest BCUT2D eigenvalue weighted by Gasteiger charge is -2.19. The Bertz CT molecular complexity index is 503. The molecule has 2 N–H and O–H groups in total. The normalized spacial score (nSPS) is 10.2. The van der Waals surface area contributed by atoms with Crippen molar-refractivity contribution in [1.29, 1.82) is 0 Å². The molecule has 1 rings (SSSR count). The Hall–Kier alpha value is -2.11. The van der Waals surface area contributed by atoms with Gasteiger partial charge in [0.25, 0.3) is 0 Å². The number of aromatic nitrogens is 1. The molecular formula is C15H23N3O3. The Balaban J connectivity index is 2.89. The van der Waals surface area contributed by atoms with Crippen molar-refractivity contribution < 1.29 is 14.7 Å². The van der Waals surface area contributed by atoms with E-state index in [1.165, 1.54) is 6.07 Å². The van der Waals surface area contributed by atoms with E-state index in [2.05, 4.69) is 10.3 Å². The molecule has 0 unspecified atom stereocenters. The number of nitrogens with one attached hydrogen (secondary N) is 1. The fraction of sp³-hybridized carbons (Fsp3) is 0.533. The Morgan fingerprint density at radius 3 is 2.57 bits per heavy atom. The van der Waals surface area contributed by atoms with Gasteiger partial charge in [-0.25, -0.2) is 9.78 Å². The fourth-order valence-electron chi connectivity index (χ4n) is 1.89. The number of nitrogens with zero attached hydrogens (tertiary/aromatic N) is 2. The van der Waals surface area contributed by atoms with Gasteiger partial charge in [0.1, 0.15) is 5.82 Å². The third-order valence-corrected chi connectivity index (χ3v) is 2.96. The van der Waals surface area contributed by atoms with Gasteiger partial charge < -0.3 is 15.3 Å². The second-order valence-corrected chi connectivity index (χ2v) is 4.97. The van der Waals surface area contributed by atoms with Crippen LogP contribution in [0, 0.1) is 0 Å². The lowest BCUT2D eigenvalue weighted by molar-refractivity contribution is -0.119. The van der Waals surface area contributed by atoms with Crippen molar-refractivity contribution >= 4 is 17.7 Å². The van der Waals surface area contributed by atoms with Crippen LogP contribution in [0.2, 0.25) is 0 Å². The molecule has 0 aromatic carbocycles. The van der Waals surface area contributed by atoms with Crippen LogP contribution in [0.5, 0.6) is 0 Å². The van der Waals surface area contributed by atoms with Gasteiger partial charge >= 0.3 is 5.97 Å². The highest BCUT2D eigenvalue weighted by atomic mass is 16.4. The van der Waals surface area contributed by atoms with Crippen molar-refractivity contribution in [3.8, 4) is 0 Å². The Morgan fingerprint density at radius 1 is 1.29 bits per heavy atom. The number of carbonyl (C=O) groups excluding carboxylic acids is 1. The maximum atomic E-state index is 11.7. The summed E-state index contributed by atoms with van der Waals surface area (Å²) in [7, 11) is 1.73. The first-order valence-corrected chi connectivity index (χ1v) is 7.20. The maximum Gasteiger partial charge on any atom is 0.335 e. The van der Waals surface area contributed by atoms with Crippen LogP contribution in [0.25, 0.3) is 0 Å². The van der Waals surface area contributed by atoms with E-state index in [1.54, 1.807) is 18.0 Å². The molecule has 1 aromatic heterocycles. The van der Waals surface area contributed by atoms with E-state index >= 15 is 0 Å². The number of carboxylic acids is 1. The van der Waals surface area contributed by atoms with Gasteiger partial charge in [0.05, 0.1) is 12.1 Å². The summed E-state index contributed by atoms with van der Waals surface area (Å²) in [6.07, 6.45) is 2.48. The SMILES string of the molecule is CCCNC(=O)CN(C)c1cc(C(=O)O)cc(CCC)n1. The summed E-state index contributed by atoms with van der Waals surface area (Å²) in [5, 5.41) is 11.9. The van der Waals surface area contributed by atoms with Gasteiger partial charge in [-0.2, -0.15) is 0 Å². The first kappa shape index (κ1) is 16.9. The number of aromatic carboxylic acids is 1. The van der Waals surface area contributed by atoms with E-state index in [4.69, 9.17) is 5.11 Å². The molecule has 21 heavy (non-hydrogen) atoms. The van der Waals surface area contributed by atoms with Crippen LogP contribution in [0.1, 0.15) is 42.7 Å². The molecule has 0 saturated heterocycles. The van der Waals surface area contributed by atoms with E-state index in [0.29, 0.717) is 18.8 Å². The molecule has 0 spiro atoms. The van der Waals surface area contributed by atoms with Crippen molar-refractivity contribution in [2.75, 3.05) is 25.0 Å². The maximum absolute atomic E-state index is 11.7. The largest absolute Gasteiger partial charge is 0.478 e. The molecule has 0 radical (unpaired) electrons. The second kappa shape index (κ2) is 8.24. The van der Waals surface area contributed by atoms with Gasteiger partial charge in [-0.1, -0.05) is 20.3 Å². The fourth-order valence-corrected chi connectivity index (χ4v) is 1.89. The predicted octanol–water partition coefficient (Wildman–Crippen LogP) is 1.69. The molecule has 0 aliphatic carbocycles. The molecule has 0 atom stereocenters. The standard InChI is InChI=1S/C15H23N3O3/c1-4-6-12-8-11(15(20)21)9-13(17-12)18(3)10-14(19)16-7-5-2/h8-9H,4-7,10H2,1-3H3,(H,16,19)(H,20,21). The van der Waals surface area contributed by atoms with Gasteiger partial charge in [0, 0.05) is 19.3 Å². The Labute approximate surface area is 125 Å². The first-order chi connectivity index (χ1) is 9.97. The summed E-state index contributed by atoms with van der Waals surface area (Å²) in [5.41, 5.74) is 0.928. The lowest BCUT2D eigenvalue weighted by Crippen LogP contribution is -2.36. The number of amides is 1. The molecule has 0 aliphatic rings. The predicted molar refractivity (Wildman–Crippen MR) is 81.8 cm³/mol. The average Bonchev–Trinajstić information content (AvgIpc) is 2.45. The van der Waals surface area contributed by atoms with Crippen LogP contribution in [0.15, 0.2) is 12.1 Å². The van der Waals surface area contributed by atoms with E-state index < -0.39 is 5.97 Å². The van der Waals surface area contributed by atoms with Gasteiger partial charge in [-0.15, -0.1) is 0 Å². The van der Waals surface area contributed by atoms with Crippen molar-refractivity contribution in [2.24, 2.45) is 0 Å². The van der Waals surface area contributed by atoms with Gasteiger partial charge in [0.15, 0.2) is 0 Å². The third kappa shape index (κ3) is 5.41. The average molecular weight is 293 g/mol. The third-order valence-electron chi connectivity index (χ3n) is 2.96. The monoisotopic (exact) mass is 293 g/mol. The minimum Gasteiger partial charge on any atom is -0.478 e. The summed E-state index contributed by atoms with van der Waals surface area (Å²) in [6, 6.07) is 3.08. The van der Waals surface area contributed by atoms with Gasteiger partial charge in [-0.05, 0) is 25.0 Å². The zero-order valence-electron chi connectivity index (χ0n) is 12.8. The smallest absolute Gasteiger partial charge is 0.335 e. The Kier molecular flexibility index (Phi) is 6.65. The first-order valence-electron chi connectivity index (χ1n) is 7.20. The van der Waals surface area contributed by atoms with Crippen LogP contribution in [0.4, 0.5) is 5.82 Å². The number of carboxylic acid groups (broad SMARTS) is 1. The van der Waals surface area contributed by atoms with Crippen LogP contribution >= 0.6 is 0 Å². The number of carbonyl (C=O) groups is 2. The quantitative estimate of drug-likeness (QED) is 0.762. The molecule has 0 saturated carbocycles. The summed E-state index contributed by atoms with van der Waals surface area (Å²) < 4.78 is 0. The summed E-state index contributed by atoms with van der Waals surface area (Å²) in [6.45, 7) is 4.79. The number of likely N-dealkylation sites (N-methyl/N-ethyl adjacent to an activating group) is 1. The van der Waals surface area contributed by atoms with E-state index in [-0.39, 0.29) is 18.0 Å². The van der Waals surface area contributed by atoms with Crippen LogP contribution in [0.3, 0.4) is 0 Å². The highest BCUT2D eigenvalue weighted by Crippen LogP contribution is 2.15. The van der Waals surface area contributed by atoms with Gasteiger partial charge in [0.2, 0.25) is 5.91 Å². The molecule has 1 amide bonds. The number of hydrogen-bond donors (Lipinski definition) is 2. The van der Waals surface area contributed by atoms with E-state index in [0.717, 1.165) is 18.5 Å². The summed E-state index contributed by atoms with van der Waals surface area (Å²) in [4.78, 5) is 29.0. The highest BCUT2D eigenvalue weighted by molar-refractivity contribution is 5.89. The van der Waals surface area contributed by atoms with Crippen LogP contribution in [-0.4, -0.2) is 42.1 Å². The zero-order chi connectivity index (χ0) is 15.8. The van der Waals surface area contributed by atoms with Gasteiger partial charge in [-0.3, -0.25) is 4.79 Å². The van der Waals surface area contributed by atoms with Crippen molar-refractivity contribution in [3.05, 3.63) is 23.4 Å². The second-order valence-electron chi connectivity index (χ2n) is 4.97. The number of pyridine rings is 1. The Morgan fingerprint density at radius 2 is 2.00 bits per heavy atom. The summed E-state index contributed by atoms with van der Waals surface area (Å²) in [5.74, 6) is -0.580. The number of hydrogen-bond acceptors (Lipinski definition) is 4. The van der Waals surface area contributed by atoms with E-state index in [9.17, 15) is 9.59 Å². The molecule has 6 nitrogen and oxygen atoms in total. The summed E-state index contributed by atoms with van der Waals surface area (Å²) >= 11 is 0. The van der Waals surface area contributed by atoms with E-state index in [1.807, 2.05) is 13.8 Å². The molecule has 116 valence electrons. The van der Waals surface area contributed by atoms with Crippen LogP contribution in [-0.2, 0) is 11.2 Å².